The lowest BCUT2D eigenvalue weighted by atomic mass is 10.1. The summed E-state index contributed by atoms with van der Waals surface area (Å²) in [4.78, 5) is 35.5. The number of hydrogen-bond acceptors (Lipinski definition) is 6. The Bertz CT molecular complexity index is 1260. The van der Waals surface area contributed by atoms with Gasteiger partial charge in [-0.2, -0.15) is 0 Å². The van der Waals surface area contributed by atoms with Crippen molar-refractivity contribution in [1.29, 1.82) is 0 Å². The van der Waals surface area contributed by atoms with Crippen LogP contribution in [-0.2, 0) is 17.9 Å². The molecule has 10 nitrogen and oxygen atoms in total. The van der Waals surface area contributed by atoms with Gasteiger partial charge in [-0.05, 0) is 55.5 Å². The van der Waals surface area contributed by atoms with Crippen LogP contribution in [0.1, 0.15) is 31.2 Å². The molecular weight excluding hydrogens is 486 g/mol. The maximum atomic E-state index is 13.6. The molecule has 38 heavy (non-hydrogen) atoms. The second-order valence-electron chi connectivity index (χ2n) is 9.62. The number of aliphatic hydroxyl groups is 1. The Balaban J connectivity index is 1.49. The van der Waals surface area contributed by atoms with Crippen LogP contribution < -0.4 is 14.4 Å². The molecular formula is C28H37N5O5. The number of anilines is 1. The lowest BCUT2D eigenvalue weighted by Crippen LogP contribution is -2.49. The van der Waals surface area contributed by atoms with Crippen molar-refractivity contribution in [3.05, 3.63) is 48.3 Å². The third-order valence-electron chi connectivity index (χ3n) is 6.75. The molecule has 2 aromatic heterocycles. The van der Waals surface area contributed by atoms with Gasteiger partial charge in [-0.1, -0.05) is 0 Å². The molecule has 3 amide bonds. The highest BCUT2D eigenvalue weighted by Crippen LogP contribution is 2.33. The van der Waals surface area contributed by atoms with Crippen molar-refractivity contribution in [2.24, 2.45) is 0 Å². The van der Waals surface area contributed by atoms with Gasteiger partial charge < -0.3 is 28.9 Å². The molecule has 1 aliphatic rings. The number of likely N-dealkylation sites (N-methyl/N-ethyl adjacent to an activating group) is 1. The molecule has 1 saturated heterocycles. The predicted molar refractivity (Wildman–Crippen MR) is 146 cm³/mol. The third-order valence-corrected chi connectivity index (χ3v) is 6.75. The molecule has 0 spiro atoms. The fraction of sp³-hybridized carbons (Fsp3) is 0.464. The summed E-state index contributed by atoms with van der Waals surface area (Å²) in [5.74, 6) is 1.21. The molecule has 0 aliphatic carbocycles. The number of aliphatic hydroxyl groups excluding tert-OH is 1. The number of hydrogen-bond donors (Lipinski definition) is 1. The lowest BCUT2D eigenvalue weighted by Gasteiger charge is -2.36. The van der Waals surface area contributed by atoms with Gasteiger partial charge in [-0.15, -0.1) is 0 Å². The van der Waals surface area contributed by atoms with Crippen LogP contribution in [0.4, 0.5) is 10.5 Å². The van der Waals surface area contributed by atoms with Gasteiger partial charge in [-0.3, -0.25) is 9.69 Å². The molecule has 1 fully saturated rings. The fourth-order valence-electron chi connectivity index (χ4n) is 4.59. The van der Waals surface area contributed by atoms with E-state index in [0.717, 1.165) is 48.0 Å². The molecule has 1 aliphatic heterocycles. The van der Waals surface area contributed by atoms with Gasteiger partial charge in [0.2, 0.25) is 5.91 Å². The standard InChI is InChI=1S/C28H37N5O5/c1-30(2)26(35)20-31-15-11-23-21(10-12-29-27(23)31)19-32-13-7-14-33(28(32)36)22-8-9-24(37-3)25(18-22)38-17-6-4-5-16-34/h8-12,15,18,34H,4-7,13-14,16-17,19-20H2,1-3H3. The molecule has 204 valence electrons. The summed E-state index contributed by atoms with van der Waals surface area (Å²) >= 11 is 0. The summed E-state index contributed by atoms with van der Waals surface area (Å²) in [6, 6.07) is 9.39. The summed E-state index contributed by atoms with van der Waals surface area (Å²) < 4.78 is 13.3. The SMILES string of the molecule is COc1ccc(N2CCCN(Cc3ccnc4c3ccn4CC(=O)N(C)C)C2=O)cc1OCCCCCO. The van der Waals surface area contributed by atoms with Crippen LogP contribution >= 0.6 is 0 Å². The van der Waals surface area contributed by atoms with Gasteiger partial charge in [0.25, 0.3) is 0 Å². The molecule has 3 heterocycles. The highest BCUT2D eigenvalue weighted by Gasteiger charge is 2.28. The molecule has 3 aromatic rings. The molecule has 1 N–H and O–H groups in total. The molecule has 10 heteroatoms. The molecule has 0 saturated carbocycles. The van der Waals surface area contributed by atoms with E-state index in [1.165, 1.54) is 0 Å². The molecule has 1 aromatic carbocycles. The number of pyridine rings is 1. The lowest BCUT2D eigenvalue weighted by molar-refractivity contribution is -0.129. The van der Waals surface area contributed by atoms with Crippen LogP contribution in [0.3, 0.4) is 0 Å². The monoisotopic (exact) mass is 523 g/mol. The second-order valence-corrected chi connectivity index (χ2v) is 9.62. The van der Waals surface area contributed by atoms with Crippen molar-refractivity contribution in [3.63, 3.8) is 0 Å². The Labute approximate surface area is 223 Å². The van der Waals surface area contributed by atoms with Crippen LogP contribution in [0.5, 0.6) is 11.5 Å². The largest absolute Gasteiger partial charge is 0.493 e. The Morgan fingerprint density at radius 1 is 1.11 bits per heavy atom. The molecule has 0 bridgehead atoms. The summed E-state index contributed by atoms with van der Waals surface area (Å²) in [7, 11) is 5.07. The van der Waals surface area contributed by atoms with Gasteiger partial charge in [0.05, 0.1) is 13.7 Å². The summed E-state index contributed by atoms with van der Waals surface area (Å²) in [6.45, 7) is 2.63. The molecule has 4 rings (SSSR count). The number of carbonyl (C=O) groups is 2. The van der Waals surface area contributed by atoms with Crippen molar-refractivity contribution < 1.29 is 24.2 Å². The minimum atomic E-state index is -0.0671. The van der Waals surface area contributed by atoms with Crippen molar-refractivity contribution in [2.45, 2.75) is 38.8 Å². The van der Waals surface area contributed by atoms with Crippen LogP contribution in [-0.4, -0.2) is 83.9 Å². The Morgan fingerprint density at radius 3 is 2.71 bits per heavy atom. The number of amides is 3. The molecule has 0 radical (unpaired) electrons. The number of urea groups is 1. The predicted octanol–water partition coefficient (Wildman–Crippen LogP) is 3.51. The second kappa shape index (κ2) is 12.6. The zero-order valence-corrected chi connectivity index (χ0v) is 22.4. The van der Waals surface area contributed by atoms with Crippen molar-refractivity contribution >= 4 is 28.7 Å². The fourth-order valence-corrected chi connectivity index (χ4v) is 4.59. The number of ether oxygens (including phenoxy) is 2. The maximum absolute atomic E-state index is 13.6. The number of rotatable bonds is 12. The van der Waals surface area contributed by atoms with E-state index >= 15 is 0 Å². The summed E-state index contributed by atoms with van der Waals surface area (Å²) in [5, 5.41) is 9.90. The van der Waals surface area contributed by atoms with Gasteiger partial charge in [0.1, 0.15) is 12.2 Å². The van der Waals surface area contributed by atoms with E-state index in [1.807, 2.05) is 46.0 Å². The Morgan fingerprint density at radius 2 is 1.95 bits per heavy atom. The van der Waals surface area contributed by atoms with Crippen LogP contribution in [0.2, 0.25) is 0 Å². The quantitative estimate of drug-likeness (QED) is 0.365. The number of fused-ring (bicyclic) bond motifs is 1. The van der Waals surface area contributed by atoms with E-state index in [2.05, 4.69) is 4.98 Å². The van der Waals surface area contributed by atoms with E-state index in [1.54, 1.807) is 37.2 Å². The van der Waals surface area contributed by atoms with Gasteiger partial charge >= 0.3 is 6.03 Å². The van der Waals surface area contributed by atoms with E-state index in [-0.39, 0.29) is 25.1 Å². The number of nitrogens with zero attached hydrogens (tertiary/aromatic N) is 5. The van der Waals surface area contributed by atoms with E-state index < -0.39 is 0 Å². The highest BCUT2D eigenvalue weighted by atomic mass is 16.5. The summed E-state index contributed by atoms with van der Waals surface area (Å²) in [6.07, 6.45) is 6.90. The van der Waals surface area contributed by atoms with Crippen molar-refractivity contribution in [2.75, 3.05) is 52.4 Å². The van der Waals surface area contributed by atoms with Crippen LogP contribution in [0, 0.1) is 0 Å². The van der Waals surface area contributed by atoms with Crippen LogP contribution in [0.15, 0.2) is 42.7 Å². The third kappa shape index (κ3) is 6.19. The number of aromatic nitrogens is 2. The topological polar surface area (TPSA) is 100 Å². The summed E-state index contributed by atoms with van der Waals surface area (Å²) in [5.41, 5.74) is 2.48. The smallest absolute Gasteiger partial charge is 0.324 e. The first-order valence-electron chi connectivity index (χ1n) is 13.0. The Hall–Kier alpha value is -3.79. The Kier molecular flexibility index (Phi) is 9.06. The number of carbonyl (C=O) groups excluding carboxylic acids is 2. The zero-order valence-electron chi connectivity index (χ0n) is 22.4. The van der Waals surface area contributed by atoms with Crippen LogP contribution in [0.25, 0.3) is 11.0 Å². The first-order chi connectivity index (χ1) is 18.4. The number of unbranched alkanes of at least 4 members (excludes halogenated alkanes) is 2. The maximum Gasteiger partial charge on any atom is 0.324 e. The molecule has 0 atom stereocenters. The average Bonchev–Trinajstić information content (AvgIpc) is 3.33. The van der Waals surface area contributed by atoms with E-state index in [9.17, 15) is 9.59 Å². The van der Waals surface area contributed by atoms with Crippen molar-refractivity contribution in [1.82, 2.24) is 19.4 Å². The minimum absolute atomic E-state index is 0.00967. The normalized spacial score (nSPS) is 13.7. The van der Waals surface area contributed by atoms with E-state index in [0.29, 0.717) is 37.7 Å². The number of methoxy groups -OCH3 is 1. The minimum Gasteiger partial charge on any atom is -0.493 e. The number of benzene rings is 1. The van der Waals surface area contributed by atoms with E-state index in [4.69, 9.17) is 14.6 Å². The highest BCUT2D eigenvalue weighted by molar-refractivity contribution is 5.93. The average molecular weight is 524 g/mol. The van der Waals surface area contributed by atoms with Gasteiger partial charge in [-0.25, -0.2) is 9.78 Å². The zero-order chi connectivity index (χ0) is 27.1. The van der Waals surface area contributed by atoms with Crippen molar-refractivity contribution in [3.8, 4) is 11.5 Å². The van der Waals surface area contributed by atoms with Gasteiger partial charge in [0.15, 0.2) is 11.5 Å². The van der Waals surface area contributed by atoms with Gasteiger partial charge in [0, 0.05) is 69.9 Å². The first kappa shape index (κ1) is 27.3. The first-order valence-corrected chi connectivity index (χ1v) is 13.0. The molecule has 0 unspecified atom stereocenters.